The van der Waals surface area contributed by atoms with Gasteiger partial charge in [0.05, 0.1) is 19.3 Å². The maximum atomic E-state index is 5.01. The van der Waals surface area contributed by atoms with Crippen LogP contribution in [0.4, 0.5) is 0 Å². The third-order valence-corrected chi connectivity index (χ3v) is 9.67. The first-order valence-electron chi connectivity index (χ1n) is 12.9. The second-order valence-electron chi connectivity index (χ2n) is 11.1. The number of aromatic nitrogens is 3. The summed E-state index contributed by atoms with van der Waals surface area (Å²) >= 11 is 0. The smallest absolute Gasteiger partial charge is 0.145 e. The largest absolute Gasteiger partial charge is 0.294 e. The van der Waals surface area contributed by atoms with Crippen LogP contribution in [0, 0.1) is 5.92 Å². The third kappa shape index (κ3) is 4.10. The van der Waals surface area contributed by atoms with Gasteiger partial charge in [-0.25, -0.2) is 4.98 Å². The summed E-state index contributed by atoms with van der Waals surface area (Å²) < 4.78 is 2.27. The molecule has 0 radical (unpaired) electrons. The number of nitrogens with zero attached hydrogens (tertiary/aromatic N) is 3. The number of fused-ring (bicyclic) bond motifs is 3. The van der Waals surface area contributed by atoms with Crippen LogP contribution in [-0.2, 0) is 6.42 Å². The first-order chi connectivity index (χ1) is 17.0. The molecule has 3 aromatic heterocycles. The van der Waals surface area contributed by atoms with Crippen LogP contribution in [0.25, 0.3) is 38.9 Å². The number of benzene rings is 2. The van der Waals surface area contributed by atoms with E-state index in [1.807, 2.05) is 6.20 Å². The molecule has 4 heteroatoms. The molecule has 35 heavy (non-hydrogen) atoms. The highest BCUT2D eigenvalue weighted by Crippen LogP contribution is 2.34. The van der Waals surface area contributed by atoms with Crippen LogP contribution in [0.3, 0.4) is 0 Å². The quantitative estimate of drug-likeness (QED) is 0.246. The number of hydrogen-bond acceptors (Lipinski definition) is 2. The lowest BCUT2D eigenvalue weighted by atomic mass is 9.97. The molecule has 3 heterocycles. The number of hydrogen-bond donors (Lipinski definition) is 0. The van der Waals surface area contributed by atoms with Crippen molar-refractivity contribution in [1.82, 2.24) is 14.5 Å². The summed E-state index contributed by atoms with van der Waals surface area (Å²) in [7, 11) is -1.47. The summed E-state index contributed by atoms with van der Waals surface area (Å²) in [5, 5.41) is 3.92. The zero-order valence-electron chi connectivity index (χ0n) is 21.0. The molecule has 1 saturated carbocycles. The Morgan fingerprint density at radius 3 is 2.34 bits per heavy atom. The average molecular weight is 476 g/mol. The van der Waals surface area contributed by atoms with Crippen molar-refractivity contribution in [2.45, 2.75) is 51.7 Å². The van der Waals surface area contributed by atoms with Gasteiger partial charge in [0, 0.05) is 34.4 Å². The summed E-state index contributed by atoms with van der Waals surface area (Å²) in [5.41, 5.74) is 6.98. The molecule has 0 aliphatic heterocycles. The predicted octanol–water partition coefficient (Wildman–Crippen LogP) is 7.52. The van der Waals surface area contributed by atoms with Gasteiger partial charge in [-0.15, -0.1) is 0 Å². The third-order valence-electron chi connectivity index (χ3n) is 7.60. The van der Waals surface area contributed by atoms with E-state index in [1.54, 1.807) is 0 Å². The topological polar surface area (TPSA) is 30.7 Å². The van der Waals surface area contributed by atoms with E-state index in [4.69, 9.17) is 9.97 Å². The molecule has 0 atom stereocenters. The minimum Gasteiger partial charge on any atom is -0.294 e. The fraction of sp³-hybridized carbons (Fsp3) is 0.290. The van der Waals surface area contributed by atoms with E-state index >= 15 is 0 Å². The second-order valence-corrected chi connectivity index (χ2v) is 16.2. The molecule has 0 unspecified atom stereocenters. The molecule has 1 aliphatic rings. The maximum Gasteiger partial charge on any atom is 0.145 e. The van der Waals surface area contributed by atoms with Crippen LogP contribution < -0.4 is 5.19 Å². The second kappa shape index (κ2) is 8.76. The van der Waals surface area contributed by atoms with Gasteiger partial charge in [-0.2, -0.15) is 0 Å². The van der Waals surface area contributed by atoms with E-state index in [0.717, 1.165) is 28.5 Å². The van der Waals surface area contributed by atoms with Crippen molar-refractivity contribution in [3.8, 4) is 16.9 Å². The van der Waals surface area contributed by atoms with Crippen molar-refractivity contribution in [3.05, 3.63) is 84.7 Å². The van der Waals surface area contributed by atoms with Gasteiger partial charge in [0.15, 0.2) is 0 Å². The molecule has 2 aromatic carbocycles. The van der Waals surface area contributed by atoms with Gasteiger partial charge in [0.25, 0.3) is 0 Å². The maximum absolute atomic E-state index is 5.01. The minimum absolute atomic E-state index is 0.824. The molecule has 6 rings (SSSR count). The predicted molar refractivity (Wildman–Crippen MR) is 150 cm³/mol. The highest BCUT2D eigenvalue weighted by Gasteiger charge is 2.25. The first kappa shape index (κ1) is 22.2. The zero-order chi connectivity index (χ0) is 24.0. The fourth-order valence-electron chi connectivity index (χ4n) is 5.85. The van der Waals surface area contributed by atoms with Gasteiger partial charge >= 0.3 is 0 Å². The van der Waals surface area contributed by atoms with Crippen molar-refractivity contribution in [2.24, 2.45) is 5.92 Å². The standard InChI is InChI=1S/C31H33N3Si/c1-35(2,3)30-21-32-28(19-23(30)17-22-11-7-8-12-22)24-18-27-26-15-9-10-16-29(26)34(31(27)33-20-24)25-13-5-4-6-14-25/h4-6,9-10,13-16,18-22H,7-8,11-12,17H2,1-3H3. The Kier molecular flexibility index (Phi) is 5.57. The van der Waals surface area contributed by atoms with E-state index in [-0.39, 0.29) is 0 Å². The highest BCUT2D eigenvalue weighted by molar-refractivity contribution is 6.89. The summed E-state index contributed by atoms with van der Waals surface area (Å²) in [5.74, 6) is 0.824. The van der Waals surface area contributed by atoms with Crippen molar-refractivity contribution in [2.75, 3.05) is 0 Å². The Hall–Kier alpha value is -3.24. The van der Waals surface area contributed by atoms with Gasteiger partial charge in [-0.1, -0.05) is 81.7 Å². The normalized spacial score (nSPS) is 14.8. The SMILES string of the molecule is C[Si](C)(C)c1cnc(-c2cnc3c(c2)c2ccccc2n3-c2ccccc2)cc1CC1CCCC1. The Bertz CT molecular complexity index is 1510. The first-order valence-corrected chi connectivity index (χ1v) is 16.4. The molecular weight excluding hydrogens is 442 g/mol. The van der Waals surface area contributed by atoms with Crippen molar-refractivity contribution >= 4 is 35.2 Å². The van der Waals surface area contributed by atoms with Gasteiger partial charge in [0.1, 0.15) is 5.65 Å². The summed E-state index contributed by atoms with van der Waals surface area (Å²) in [4.78, 5) is 10.00. The van der Waals surface area contributed by atoms with E-state index in [0.29, 0.717) is 0 Å². The highest BCUT2D eigenvalue weighted by atomic mass is 28.3. The van der Waals surface area contributed by atoms with E-state index in [9.17, 15) is 0 Å². The average Bonchev–Trinajstić information content (AvgIpc) is 3.49. The lowest BCUT2D eigenvalue weighted by Crippen LogP contribution is -2.41. The molecule has 0 N–H and O–H groups in total. The van der Waals surface area contributed by atoms with Crippen LogP contribution >= 0.6 is 0 Å². The fourth-order valence-corrected chi connectivity index (χ4v) is 7.44. The van der Waals surface area contributed by atoms with E-state index in [2.05, 4.69) is 97.1 Å². The van der Waals surface area contributed by atoms with Crippen molar-refractivity contribution in [1.29, 1.82) is 0 Å². The van der Waals surface area contributed by atoms with Crippen LogP contribution in [0.15, 0.2) is 79.1 Å². The van der Waals surface area contributed by atoms with Gasteiger partial charge in [-0.05, 0) is 53.4 Å². The monoisotopic (exact) mass is 475 g/mol. The molecule has 0 saturated heterocycles. The molecule has 176 valence electrons. The van der Waals surface area contributed by atoms with Gasteiger partial charge in [-0.3, -0.25) is 9.55 Å². The summed E-state index contributed by atoms with van der Waals surface area (Å²) in [6.07, 6.45) is 10.9. The lowest BCUT2D eigenvalue weighted by Gasteiger charge is -2.23. The van der Waals surface area contributed by atoms with E-state index < -0.39 is 8.07 Å². The van der Waals surface area contributed by atoms with Gasteiger partial charge < -0.3 is 0 Å². The summed E-state index contributed by atoms with van der Waals surface area (Å²) in [6, 6.07) is 23.8. The minimum atomic E-state index is -1.47. The number of para-hydroxylation sites is 2. The molecule has 1 fully saturated rings. The Labute approximate surface area is 208 Å². The van der Waals surface area contributed by atoms with Crippen LogP contribution in [0.5, 0.6) is 0 Å². The number of rotatable bonds is 5. The van der Waals surface area contributed by atoms with Crippen LogP contribution in [0.2, 0.25) is 19.6 Å². The Morgan fingerprint density at radius 1 is 0.829 bits per heavy atom. The molecule has 0 bridgehead atoms. The summed E-state index contributed by atoms with van der Waals surface area (Å²) in [6.45, 7) is 7.32. The van der Waals surface area contributed by atoms with E-state index in [1.165, 1.54) is 59.1 Å². The molecule has 3 nitrogen and oxygen atoms in total. The van der Waals surface area contributed by atoms with Crippen LogP contribution in [-0.4, -0.2) is 22.6 Å². The Balaban J connectivity index is 1.50. The molecule has 1 aliphatic carbocycles. The van der Waals surface area contributed by atoms with Crippen molar-refractivity contribution in [3.63, 3.8) is 0 Å². The molecule has 5 aromatic rings. The molecule has 0 spiro atoms. The van der Waals surface area contributed by atoms with Crippen LogP contribution in [0.1, 0.15) is 31.2 Å². The zero-order valence-corrected chi connectivity index (χ0v) is 22.0. The van der Waals surface area contributed by atoms with Crippen molar-refractivity contribution < 1.29 is 0 Å². The molecular formula is C31H33N3Si. The Morgan fingerprint density at radius 2 is 1.57 bits per heavy atom. The van der Waals surface area contributed by atoms with Gasteiger partial charge in [0.2, 0.25) is 0 Å². The lowest BCUT2D eigenvalue weighted by molar-refractivity contribution is 0.547. The number of pyridine rings is 2. The molecule has 0 amide bonds.